The smallest absolute Gasteiger partial charge is 0.148 e. The second-order valence-corrected chi connectivity index (χ2v) is 17.5. The van der Waals surface area contributed by atoms with Crippen LogP contribution in [0.1, 0.15) is 0 Å². The number of para-hydroxylation sites is 2. The van der Waals surface area contributed by atoms with Gasteiger partial charge >= 0.3 is 0 Å². The fraction of sp³-hybridized carbons (Fsp3) is 0. The third-order valence-electron chi connectivity index (χ3n) is 13.3. The maximum absolute atomic E-state index is 17.8. The van der Waals surface area contributed by atoms with Crippen LogP contribution in [0.25, 0.3) is 76.8 Å². The van der Waals surface area contributed by atoms with Gasteiger partial charge in [0.15, 0.2) is 0 Å². The van der Waals surface area contributed by atoms with E-state index in [4.69, 9.17) is 0 Å². The van der Waals surface area contributed by atoms with Crippen LogP contribution in [-0.4, -0.2) is 0 Å². The molecule has 332 valence electrons. The van der Waals surface area contributed by atoms with Gasteiger partial charge in [0.2, 0.25) is 0 Å². The fourth-order valence-electron chi connectivity index (χ4n) is 10.1. The Balaban J connectivity index is 1.15. The molecule has 0 N–H and O–H groups in total. The monoisotopic (exact) mass is 902 g/mol. The van der Waals surface area contributed by atoms with Crippen molar-refractivity contribution in [3.63, 3.8) is 0 Å². The summed E-state index contributed by atoms with van der Waals surface area (Å²) in [5.74, 6) is -0.692. The molecule has 12 aromatic carbocycles. The van der Waals surface area contributed by atoms with E-state index in [1.54, 1.807) is 12.1 Å². The van der Waals surface area contributed by atoms with Gasteiger partial charge in [-0.2, -0.15) is 0 Å². The van der Waals surface area contributed by atoms with Gasteiger partial charge in [0.1, 0.15) is 11.6 Å². The van der Waals surface area contributed by atoms with Crippen LogP contribution in [0, 0.1) is 11.6 Å². The molecule has 0 aliphatic carbocycles. The number of rotatable bonds is 10. The van der Waals surface area contributed by atoms with Gasteiger partial charge in [0, 0.05) is 33.3 Å². The summed E-state index contributed by atoms with van der Waals surface area (Å²) in [6, 6.07) is 88.9. The quantitative estimate of drug-likeness (QED) is 0.126. The fourth-order valence-corrected chi connectivity index (χ4v) is 10.1. The molecule has 12 rings (SSSR count). The van der Waals surface area contributed by atoms with E-state index >= 15 is 8.78 Å². The minimum Gasteiger partial charge on any atom is -0.307 e. The second kappa shape index (κ2) is 18.2. The predicted octanol–water partition coefficient (Wildman–Crippen LogP) is 19.0. The number of benzene rings is 12. The Morgan fingerprint density at radius 2 is 0.514 bits per heavy atom. The van der Waals surface area contributed by atoms with Crippen LogP contribution >= 0.6 is 0 Å². The Morgan fingerprint density at radius 3 is 0.857 bits per heavy atom. The third kappa shape index (κ3) is 7.62. The maximum atomic E-state index is 17.8. The molecule has 0 radical (unpaired) electrons. The highest BCUT2D eigenvalue weighted by Crippen LogP contribution is 2.52. The number of hydrogen-bond acceptors (Lipinski definition) is 2. The molecular formula is C66H44F2N2. The SMILES string of the molecule is Fc1cc(-c2ccccc2)cc(-c2ccccc2)c1N(c1ccccc1)c1cc2c3ccccc3c(N(c3ccccc3)c3c(F)cc(-c4ccccc4)cc3-c3ccccc3)cc2c2ccccc12. The van der Waals surface area contributed by atoms with Gasteiger partial charge in [-0.05, 0) is 116 Å². The van der Waals surface area contributed by atoms with Gasteiger partial charge in [-0.15, -0.1) is 0 Å². The molecule has 0 aromatic heterocycles. The van der Waals surface area contributed by atoms with Crippen LogP contribution in [-0.2, 0) is 0 Å². The van der Waals surface area contributed by atoms with Crippen LogP contribution < -0.4 is 9.80 Å². The molecule has 0 saturated heterocycles. The van der Waals surface area contributed by atoms with E-state index in [1.165, 1.54) is 0 Å². The predicted molar refractivity (Wildman–Crippen MR) is 290 cm³/mol. The van der Waals surface area contributed by atoms with Gasteiger partial charge in [-0.3, -0.25) is 0 Å². The average molecular weight is 903 g/mol. The lowest BCUT2D eigenvalue weighted by atomic mass is 9.91. The van der Waals surface area contributed by atoms with E-state index < -0.39 is 0 Å². The normalized spacial score (nSPS) is 11.3. The van der Waals surface area contributed by atoms with Gasteiger partial charge in [-0.25, -0.2) is 8.78 Å². The van der Waals surface area contributed by atoms with Gasteiger partial charge in [0.05, 0.1) is 22.7 Å². The first-order valence-electron chi connectivity index (χ1n) is 23.6. The Kier molecular flexibility index (Phi) is 11.0. The Morgan fingerprint density at radius 1 is 0.229 bits per heavy atom. The molecule has 12 aromatic rings. The van der Waals surface area contributed by atoms with Crippen molar-refractivity contribution >= 4 is 66.4 Å². The van der Waals surface area contributed by atoms with Crippen LogP contribution in [0.4, 0.5) is 42.9 Å². The van der Waals surface area contributed by atoms with Crippen LogP contribution in [0.15, 0.2) is 267 Å². The zero-order valence-electron chi connectivity index (χ0n) is 38.1. The lowest BCUT2D eigenvalue weighted by Gasteiger charge is -2.32. The molecule has 0 saturated carbocycles. The molecule has 0 bridgehead atoms. The molecule has 0 spiro atoms. The molecule has 0 amide bonds. The number of halogens is 2. The summed E-state index contributed by atoms with van der Waals surface area (Å²) in [4.78, 5) is 4.17. The standard InChI is InChI=1S/C66H44F2N2/c67-61-41-49(45-23-7-1-8-24-45)39-57(47-27-11-3-12-28-47)65(61)69(51-31-15-5-16-32-51)63-43-59-54-36-20-22-38-56(54)64(44-60(59)53-35-19-21-37-55(53)63)70(52-33-17-6-18-34-52)66-58(48-29-13-4-14-30-48)40-50(42-62(66)68)46-25-9-2-10-26-46/h1-44H. The molecule has 0 aliphatic rings. The third-order valence-corrected chi connectivity index (χ3v) is 13.3. The van der Waals surface area contributed by atoms with E-state index in [1.807, 2.05) is 194 Å². The highest BCUT2D eigenvalue weighted by Gasteiger charge is 2.28. The first-order chi connectivity index (χ1) is 34.6. The summed E-state index contributed by atoms with van der Waals surface area (Å²) in [6.45, 7) is 0. The number of anilines is 6. The maximum Gasteiger partial charge on any atom is 0.148 e. The van der Waals surface area contributed by atoms with E-state index in [-0.39, 0.29) is 11.6 Å². The summed E-state index contributed by atoms with van der Waals surface area (Å²) in [6.07, 6.45) is 0. The lowest BCUT2D eigenvalue weighted by molar-refractivity contribution is 0.629. The van der Waals surface area contributed by atoms with E-state index in [0.717, 1.165) is 99.6 Å². The lowest BCUT2D eigenvalue weighted by Crippen LogP contribution is -2.15. The van der Waals surface area contributed by atoms with Crippen molar-refractivity contribution in [3.05, 3.63) is 279 Å². The van der Waals surface area contributed by atoms with Crippen LogP contribution in [0.3, 0.4) is 0 Å². The Labute approximate surface area is 406 Å². The summed E-state index contributed by atoms with van der Waals surface area (Å²) >= 11 is 0. The molecular weight excluding hydrogens is 859 g/mol. The highest BCUT2D eigenvalue weighted by atomic mass is 19.1. The minimum atomic E-state index is -0.346. The van der Waals surface area contributed by atoms with Gasteiger partial charge in [-0.1, -0.05) is 206 Å². The van der Waals surface area contributed by atoms with Crippen molar-refractivity contribution in [2.75, 3.05) is 9.80 Å². The second-order valence-electron chi connectivity index (χ2n) is 17.5. The molecule has 0 atom stereocenters. The van der Waals surface area contributed by atoms with E-state index in [0.29, 0.717) is 11.4 Å². The van der Waals surface area contributed by atoms with Crippen molar-refractivity contribution in [2.45, 2.75) is 0 Å². The Bertz CT molecular complexity index is 3570. The molecule has 0 aliphatic heterocycles. The molecule has 4 heteroatoms. The molecule has 0 fully saturated rings. The number of fused-ring (bicyclic) bond motifs is 5. The highest BCUT2D eigenvalue weighted by molar-refractivity contribution is 6.25. The zero-order chi connectivity index (χ0) is 47.0. The Hall–Kier alpha value is -9.12. The number of nitrogens with zero attached hydrogens (tertiary/aromatic N) is 2. The van der Waals surface area contributed by atoms with Gasteiger partial charge < -0.3 is 9.80 Å². The van der Waals surface area contributed by atoms with Crippen molar-refractivity contribution < 1.29 is 8.78 Å². The van der Waals surface area contributed by atoms with E-state index in [9.17, 15) is 0 Å². The van der Waals surface area contributed by atoms with E-state index in [2.05, 4.69) is 70.5 Å². The molecule has 0 unspecified atom stereocenters. The van der Waals surface area contributed by atoms with Crippen molar-refractivity contribution in [3.8, 4) is 44.5 Å². The molecule has 70 heavy (non-hydrogen) atoms. The molecule has 0 heterocycles. The van der Waals surface area contributed by atoms with Crippen LogP contribution in [0.2, 0.25) is 0 Å². The summed E-state index contributed by atoms with van der Waals surface area (Å²) in [5, 5.41) is 5.77. The average Bonchev–Trinajstić information content (AvgIpc) is 3.43. The summed E-state index contributed by atoms with van der Waals surface area (Å²) < 4.78 is 35.5. The first-order valence-corrected chi connectivity index (χ1v) is 23.6. The van der Waals surface area contributed by atoms with Crippen molar-refractivity contribution in [2.24, 2.45) is 0 Å². The topological polar surface area (TPSA) is 6.48 Å². The molecule has 2 nitrogen and oxygen atoms in total. The first kappa shape index (κ1) is 42.2. The van der Waals surface area contributed by atoms with Crippen molar-refractivity contribution in [1.29, 1.82) is 0 Å². The van der Waals surface area contributed by atoms with Crippen LogP contribution in [0.5, 0.6) is 0 Å². The zero-order valence-corrected chi connectivity index (χ0v) is 38.1. The minimum absolute atomic E-state index is 0.346. The summed E-state index contributed by atoms with van der Waals surface area (Å²) in [7, 11) is 0. The number of hydrogen-bond donors (Lipinski definition) is 0. The largest absolute Gasteiger partial charge is 0.307 e. The van der Waals surface area contributed by atoms with Gasteiger partial charge in [0.25, 0.3) is 0 Å². The summed E-state index contributed by atoms with van der Waals surface area (Å²) in [5.41, 5.74) is 10.9. The van der Waals surface area contributed by atoms with Crippen molar-refractivity contribution in [1.82, 2.24) is 0 Å².